The van der Waals surface area contributed by atoms with Gasteiger partial charge in [-0.15, -0.1) is 0 Å². The summed E-state index contributed by atoms with van der Waals surface area (Å²) in [4.78, 5) is 0. The van der Waals surface area contributed by atoms with Gasteiger partial charge in [-0.3, -0.25) is 0 Å². The molecule has 0 saturated carbocycles. The second-order valence-corrected chi connectivity index (χ2v) is 4.88. The fourth-order valence-electron chi connectivity index (χ4n) is 1.67. The average Bonchev–Trinajstić information content (AvgIpc) is 2.34. The monoisotopic (exact) mass is 310 g/mol. The third-order valence-electron chi connectivity index (χ3n) is 2.41. The number of hydrogen-bond acceptors (Lipinski definition) is 1. The number of para-hydroxylation sites is 1. The molecule has 0 spiro atoms. The van der Waals surface area contributed by atoms with Gasteiger partial charge in [0.25, 0.3) is 0 Å². The highest BCUT2D eigenvalue weighted by atomic mass is 79.9. The van der Waals surface area contributed by atoms with Gasteiger partial charge in [0.05, 0.1) is 6.61 Å². The molecule has 17 heavy (non-hydrogen) atoms. The number of benzene rings is 2. The Morgan fingerprint density at radius 2 is 1.88 bits per heavy atom. The minimum absolute atomic E-state index is 0.642. The smallest absolute Gasteiger partial charge is 0.127 e. The molecule has 3 heteroatoms. The molecule has 0 N–H and O–H groups in total. The van der Waals surface area contributed by atoms with Crippen LogP contribution in [-0.4, -0.2) is 6.61 Å². The Morgan fingerprint density at radius 1 is 1.12 bits per heavy atom. The zero-order chi connectivity index (χ0) is 12.3. The summed E-state index contributed by atoms with van der Waals surface area (Å²) in [5.74, 6) is 0.856. The average molecular weight is 312 g/mol. The zero-order valence-electron chi connectivity index (χ0n) is 9.41. The van der Waals surface area contributed by atoms with E-state index in [1.807, 2.05) is 49.4 Å². The molecule has 0 aromatic heterocycles. The Morgan fingerprint density at radius 3 is 2.65 bits per heavy atom. The maximum atomic E-state index is 6.23. The third kappa shape index (κ3) is 2.82. The Labute approximate surface area is 115 Å². The second-order valence-electron chi connectivity index (χ2n) is 3.55. The van der Waals surface area contributed by atoms with E-state index in [9.17, 15) is 0 Å². The minimum Gasteiger partial charge on any atom is -0.493 e. The Bertz CT molecular complexity index is 525. The van der Waals surface area contributed by atoms with E-state index >= 15 is 0 Å². The summed E-state index contributed by atoms with van der Waals surface area (Å²) in [5, 5.41) is 0.723. The van der Waals surface area contributed by atoms with Crippen LogP contribution in [0.5, 0.6) is 5.75 Å². The molecule has 2 aromatic carbocycles. The number of halogens is 2. The molecular formula is C14H12BrClO. The first kappa shape index (κ1) is 12.5. The van der Waals surface area contributed by atoms with Crippen LogP contribution < -0.4 is 4.74 Å². The lowest BCUT2D eigenvalue weighted by molar-refractivity contribution is 0.341. The number of rotatable bonds is 3. The summed E-state index contributed by atoms with van der Waals surface area (Å²) < 4.78 is 6.62. The van der Waals surface area contributed by atoms with Crippen molar-refractivity contribution >= 4 is 27.5 Å². The van der Waals surface area contributed by atoms with Crippen molar-refractivity contribution in [3.05, 3.63) is 52.0 Å². The number of ether oxygens (including phenoxy) is 1. The summed E-state index contributed by atoms with van der Waals surface area (Å²) in [5.41, 5.74) is 1.99. The highest BCUT2D eigenvalue weighted by Gasteiger charge is 2.09. The predicted molar refractivity (Wildman–Crippen MR) is 75.8 cm³/mol. The summed E-state index contributed by atoms with van der Waals surface area (Å²) in [6.45, 7) is 2.61. The Hall–Kier alpha value is -0.990. The van der Waals surface area contributed by atoms with Crippen molar-refractivity contribution in [1.29, 1.82) is 0 Å². The van der Waals surface area contributed by atoms with E-state index in [1.54, 1.807) is 0 Å². The van der Waals surface area contributed by atoms with Crippen LogP contribution in [0.3, 0.4) is 0 Å². The Balaban J connectivity index is 2.55. The van der Waals surface area contributed by atoms with E-state index in [-0.39, 0.29) is 0 Å². The quantitative estimate of drug-likeness (QED) is 0.760. The van der Waals surface area contributed by atoms with Crippen LogP contribution in [0.15, 0.2) is 46.9 Å². The van der Waals surface area contributed by atoms with Crippen molar-refractivity contribution < 1.29 is 4.74 Å². The van der Waals surface area contributed by atoms with Crippen LogP contribution in [0, 0.1) is 0 Å². The SMILES string of the molecule is CCOc1ccccc1-c1cc(Br)ccc1Cl. The standard InChI is InChI=1S/C14H12BrClO/c1-2-17-14-6-4-3-5-11(14)12-9-10(15)7-8-13(12)16/h3-9H,2H2,1H3. The topological polar surface area (TPSA) is 9.23 Å². The van der Waals surface area contributed by atoms with Crippen molar-refractivity contribution in [2.75, 3.05) is 6.61 Å². The molecule has 2 aromatic rings. The fourth-order valence-corrected chi connectivity index (χ4v) is 2.25. The van der Waals surface area contributed by atoms with Gasteiger partial charge in [-0.2, -0.15) is 0 Å². The molecule has 0 radical (unpaired) electrons. The molecule has 0 fully saturated rings. The maximum absolute atomic E-state index is 6.23. The molecule has 88 valence electrons. The van der Waals surface area contributed by atoms with Gasteiger partial charge in [0, 0.05) is 20.6 Å². The molecule has 0 aliphatic carbocycles. The van der Waals surface area contributed by atoms with E-state index in [4.69, 9.17) is 16.3 Å². The molecule has 0 aliphatic rings. The van der Waals surface area contributed by atoms with E-state index in [2.05, 4.69) is 15.9 Å². The molecule has 0 atom stereocenters. The minimum atomic E-state index is 0.642. The molecule has 0 aliphatic heterocycles. The summed E-state index contributed by atoms with van der Waals surface area (Å²) in [6, 6.07) is 13.7. The normalized spacial score (nSPS) is 10.3. The maximum Gasteiger partial charge on any atom is 0.127 e. The number of hydrogen-bond donors (Lipinski definition) is 0. The van der Waals surface area contributed by atoms with E-state index in [0.717, 1.165) is 26.4 Å². The molecule has 1 nitrogen and oxygen atoms in total. The van der Waals surface area contributed by atoms with Gasteiger partial charge in [0.1, 0.15) is 5.75 Å². The van der Waals surface area contributed by atoms with E-state index in [0.29, 0.717) is 6.61 Å². The van der Waals surface area contributed by atoms with Gasteiger partial charge in [0.15, 0.2) is 0 Å². The van der Waals surface area contributed by atoms with Gasteiger partial charge < -0.3 is 4.74 Å². The largest absolute Gasteiger partial charge is 0.493 e. The van der Waals surface area contributed by atoms with Crippen LogP contribution in [0.1, 0.15) is 6.92 Å². The molecular weight excluding hydrogens is 300 g/mol. The van der Waals surface area contributed by atoms with Crippen molar-refractivity contribution in [3.8, 4) is 16.9 Å². The van der Waals surface area contributed by atoms with Crippen molar-refractivity contribution in [3.63, 3.8) is 0 Å². The van der Waals surface area contributed by atoms with Crippen molar-refractivity contribution in [2.24, 2.45) is 0 Å². The molecule has 0 saturated heterocycles. The summed E-state index contributed by atoms with van der Waals surface area (Å²) >= 11 is 9.68. The van der Waals surface area contributed by atoms with Crippen LogP contribution in [0.25, 0.3) is 11.1 Å². The van der Waals surface area contributed by atoms with Gasteiger partial charge in [-0.1, -0.05) is 45.7 Å². The second kappa shape index (κ2) is 5.56. The van der Waals surface area contributed by atoms with E-state index in [1.165, 1.54) is 0 Å². The van der Waals surface area contributed by atoms with Crippen molar-refractivity contribution in [1.82, 2.24) is 0 Å². The third-order valence-corrected chi connectivity index (χ3v) is 3.23. The van der Waals surface area contributed by atoms with Crippen LogP contribution in [0.2, 0.25) is 5.02 Å². The first-order valence-electron chi connectivity index (χ1n) is 5.39. The lowest BCUT2D eigenvalue weighted by atomic mass is 10.0. The molecule has 2 rings (SSSR count). The van der Waals surface area contributed by atoms with Gasteiger partial charge >= 0.3 is 0 Å². The summed E-state index contributed by atoms with van der Waals surface area (Å²) in [6.07, 6.45) is 0. The van der Waals surface area contributed by atoms with Gasteiger partial charge in [-0.25, -0.2) is 0 Å². The first-order chi connectivity index (χ1) is 8.22. The van der Waals surface area contributed by atoms with Crippen LogP contribution in [0.4, 0.5) is 0 Å². The summed E-state index contributed by atoms with van der Waals surface area (Å²) in [7, 11) is 0. The van der Waals surface area contributed by atoms with E-state index < -0.39 is 0 Å². The van der Waals surface area contributed by atoms with Crippen molar-refractivity contribution in [2.45, 2.75) is 6.92 Å². The molecule has 0 unspecified atom stereocenters. The fraction of sp³-hybridized carbons (Fsp3) is 0.143. The highest BCUT2D eigenvalue weighted by Crippen LogP contribution is 2.36. The Kier molecular flexibility index (Phi) is 4.08. The zero-order valence-corrected chi connectivity index (χ0v) is 11.8. The molecule has 0 amide bonds. The highest BCUT2D eigenvalue weighted by molar-refractivity contribution is 9.10. The van der Waals surface area contributed by atoms with Crippen LogP contribution in [-0.2, 0) is 0 Å². The molecule has 0 heterocycles. The molecule has 0 bridgehead atoms. The van der Waals surface area contributed by atoms with Gasteiger partial charge in [0.2, 0.25) is 0 Å². The lowest BCUT2D eigenvalue weighted by Crippen LogP contribution is -1.94. The van der Waals surface area contributed by atoms with Crippen LogP contribution >= 0.6 is 27.5 Å². The predicted octanol–water partition coefficient (Wildman–Crippen LogP) is 5.17. The lowest BCUT2D eigenvalue weighted by Gasteiger charge is -2.11. The first-order valence-corrected chi connectivity index (χ1v) is 6.56. The van der Waals surface area contributed by atoms with Gasteiger partial charge in [-0.05, 0) is 31.2 Å².